The van der Waals surface area contributed by atoms with Crippen LogP contribution in [0.5, 0.6) is 0 Å². The maximum absolute atomic E-state index is 3.60. The molecule has 0 bridgehead atoms. The molecule has 0 saturated carbocycles. The van der Waals surface area contributed by atoms with Crippen LogP contribution in [0.25, 0.3) is 55.2 Å². The number of nitrogens with one attached hydrogen (secondary N) is 1. The molecule has 0 amide bonds. The second kappa shape index (κ2) is 6.95. The first-order valence-corrected chi connectivity index (χ1v) is 12.0. The zero-order valence-electron chi connectivity index (χ0n) is 19.4. The molecule has 7 rings (SSSR count). The van der Waals surface area contributed by atoms with E-state index in [1.807, 2.05) is 0 Å². The van der Waals surface area contributed by atoms with Crippen molar-refractivity contribution in [1.82, 2.24) is 4.98 Å². The molecule has 1 aliphatic rings. The van der Waals surface area contributed by atoms with E-state index in [1.165, 1.54) is 66.3 Å². The monoisotopic (exact) mass is 435 g/mol. The Morgan fingerprint density at radius 3 is 1.88 bits per heavy atom. The van der Waals surface area contributed by atoms with Gasteiger partial charge in [-0.25, -0.2) is 0 Å². The lowest BCUT2D eigenvalue weighted by Gasteiger charge is -2.22. The summed E-state index contributed by atoms with van der Waals surface area (Å²) < 4.78 is 0. The van der Waals surface area contributed by atoms with Gasteiger partial charge in [-0.05, 0) is 62.7 Å². The average molecular weight is 436 g/mol. The van der Waals surface area contributed by atoms with E-state index in [0.717, 1.165) is 0 Å². The summed E-state index contributed by atoms with van der Waals surface area (Å²) in [6, 6.07) is 40.0. The normalized spacial score (nSPS) is 13.8. The maximum Gasteiger partial charge on any atom is 0.0471 e. The van der Waals surface area contributed by atoms with Crippen molar-refractivity contribution in [3.05, 3.63) is 120 Å². The molecule has 0 radical (unpaired) electrons. The third-order valence-electron chi connectivity index (χ3n) is 7.64. The number of hydrogen-bond donors (Lipinski definition) is 1. The number of aromatic amines is 1. The lowest BCUT2D eigenvalue weighted by molar-refractivity contribution is 0.660. The van der Waals surface area contributed by atoms with Gasteiger partial charge in [-0.15, -0.1) is 0 Å². The molecule has 1 aliphatic carbocycles. The molecular weight excluding hydrogens is 410 g/mol. The van der Waals surface area contributed by atoms with Crippen molar-refractivity contribution in [3.8, 4) is 33.4 Å². The van der Waals surface area contributed by atoms with Gasteiger partial charge in [0.2, 0.25) is 0 Å². The van der Waals surface area contributed by atoms with Crippen LogP contribution >= 0.6 is 0 Å². The van der Waals surface area contributed by atoms with E-state index in [4.69, 9.17) is 0 Å². The molecule has 0 spiro atoms. The summed E-state index contributed by atoms with van der Waals surface area (Å²) in [7, 11) is 0. The highest BCUT2D eigenvalue weighted by molar-refractivity contribution is 6.08. The Labute approximate surface area is 199 Å². The highest BCUT2D eigenvalue weighted by Crippen LogP contribution is 2.50. The van der Waals surface area contributed by atoms with Gasteiger partial charge in [0.1, 0.15) is 0 Å². The van der Waals surface area contributed by atoms with Crippen LogP contribution in [-0.4, -0.2) is 4.98 Å². The quantitative estimate of drug-likeness (QED) is 0.279. The Kier molecular flexibility index (Phi) is 3.96. The minimum atomic E-state index is 0.000145. The summed E-state index contributed by atoms with van der Waals surface area (Å²) in [4.78, 5) is 3.60. The summed E-state index contributed by atoms with van der Waals surface area (Å²) in [5.41, 5.74) is 13.0. The summed E-state index contributed by atoms with van der Waals surface area (Å²) >= 11 is 0. The first kappa shape index (κ1) is 19.4. The van der Waals surface area contributed by atoms with E-state index in [2.05, 4.69) is 128 Å². The SMILES string of the molecule is CC1(C)c2ccccc2-c2ccc(-c3ccccc3-c3ccc4c(c3)[nH]c3ccccc34)cc21. The van der Waals surface area contributed by atoms with Gasteiger partial charge in [0, 0.05) is 27.2 Å². The molecule has 1 heteroatoms. The number of H-pyrrole nitrogens is 1. The molecule has 1 aromatic heterocycles. The molecule has 6 aromatic rings. The van der Waals surface area contributed by atoms with Crippen molar-refractivity contribution < 1.29 is 0 Å². The Balaban J connectivity index is 1.39. The zero-order chi connectivity index (χ0) is 22.9. The van der Waals surface area contributed by atoms with E-state index < -0.39 is 0 Å². The summed E-state index contributed by atoms with van der Waals surface area (Å²) in [6.45, 7) is 4.69. The summed E-state index contributed by atoms with van der Waals surface area (Å²) in [5.74, 6) is 0. The van der Waals surface area contributed by atoms with Gasteiger partial charge in [0.15, 0.2) is 0 Å². The van der Waals surface area contributed by atoms with E-state index in [1.54, 1.807) is 0 Å². The molecule has 1 N–H and O–H groups in total. The van der Waals surface area contributed by atoms with Crippen LogP contribution in [0.3, 0.4) is 0 Å². The van der Waals surface area contributed by atoms with Gasteiger partial charge in [-0.3, -0.25) is 0 Å². The molecule has 5 aromatic carbocycles. The molecule has 0 aliphatic heterocycles. The van der Waals surface area contributed by atoms with Crippen LogP contribution in [0, 0.1) is 0 Å². The van der Waals surface area contributed by atoms with Crippen molar-refractivity contribution in [3.63, 3.8) is 0 Å². The Bertz CT molecular complexity index is 1730. The molecule has 162 valence electrons. The Morgan fingerprint density at radius 2 is 1.06 bits per heavy atom. The Morgan fingerprint density at radius 1 is 0.471 bits per heavy atom. The second-order valence-electron chi connectivity index (χ2n) is 9.91. The molecular formula is C33H25N. The molecule has 0 saturated heterocycles. The fourth-order valence-corrected chi connectivity index (χ4v) is 5.88. The van der Waals surface area contributed by atoms with Crippen molar-refractivity contribution in [2.24, 2.45) is 0 Å². The number of benzene rings is 5. The second-order valence-corrected chi connectivity index (χ2v) is 9.91. The largest absolute Gasteiger partial charge is 0.354 e. The molecule has 0 unspecified atom stereocenters. The predicted molar refractivity (Wildman–Crippen MR) is 144 cm³/mol. The van der Waals surface area contributed by atoms with E-state index in [0.29, 0.717) is 0 Å². The van der Waals surface area contributed by atoms with E-state index in [9.17, 15) is 0 Å². The highest BCUT2D eigenvalue weighted by Gasteiger charge is 2.35. The number of aromatic nitrogens is 1. The van der Waals surface area contributed by atoms with Gasteiger partial charge in [0.05, 0.1) is 0 Å². The molecule has 34 heavy (non-hydrogen) atoms. The van der Waals surface area contributed by atoms with Gasteiger partial charge in [-0.1, -0.05) is 105 Å². The number of rotatable bonds is 2. The standard InChI is InChI=1S/C33H25N/c1-33(2)29-13-7-5-11-25(29)26-17-15-21(19-30(26)33)23-9-3-4-10-24(23)22-16-18-28-27-12-6-8-14-31(27)34-32(28)20-22/h3-20,34H,1-2H3. The van der Waals surface area contributed by atoms with Gasteiger partial charge in [0.25, 0.3) is 0 Å². The highest BCUT2D eigenvalue weighted by atomic mass is 14.7. The van der Waals surface area contributed by atoms with Gasteiger partial charge < -0.3 is 4.98 Å². The number of hydrogen-bond acceptors (Lipinski definition) is 0. The molecule has 1 heterocycles. The maximum atomic E-state index is 3.60. The minimum Gasteiger partial charge on any atom is -0.354 e. The van der Waals surface area contributed by atoms with Gasteiger partial charge in [-0.2, -0.15) is 0 Å². The third kappa shape index (κ3) is 2.67. The summed E-state index contributed by atoms with van der Waals surface area (Å²) in [6.07, 6.45) is 0. The topological polar surface area (TPSA) is 15.8 Å². The van der Waals surface area contributed by atoms with Crippen LogP contribution in [0.2, 0.25) is 0 Å². The minimum absolute atomic E-state index is 0.000145. The predicted octanol–water partition coefficient (Wildman–Crippen LogP) is 8.96. The number of fused-ring (bicyclic) bond motifs is 6. The average Bonchev–Trinajstić information content (AvgIpc) is 3.36. The van der Waals surface area contributed by atoms with Gasteiger partial charge >= 0.3 is 0 Å². The van der Waals surface area contributed by atoms with Crippen molar-refractivity contribution in [2.75, 3.05) is 0 Å². The first-order chi connectivity index (χ1) is 16.6. The lowest BCUT2D eigenvalue weighted by Crippen LogP contribution is -2.14. The molecule has 1 nitrogen and oxygen atoms in total. The lowest BCUT2D eigenvalue weighted by atomic mass is 9.81. The van der Waals surface area contributed by atoms with Crippen molar-refractivity contribution in [1.29, 1.82) is 0 Å². The van der Waals surface area contributed by atoms with Crippen LogP contribution in [0.4, 0.5) is 0 Å². The first-order valence-electron chi connectivity index (χ1n) is 12.0. The zero-order valence-corrected chi connectivity index (χ0v) is 19.4. The van der Waals surface area contributed by atoms with Crippen molar-refractivity contribution >= 4 is 21.8 Å². The van der Waals surface area contributed by atoms with Crippen molar-refractivity contribution in [2.45, 2.75) is 19.3 Å². The molecule has 0 atom stereocenters. The number of para-hydroxylation sites is 1. The third-order valence-corrected chi connectivity index (χ3v) is 7.64. The fourth-order valence-electron chi connectivity index (χ4n) is 5.88. The van der Waals surface area contributed by atoms with Crippen LogP contribution in [-0.2, 0) is 5.41 Å². The summed E-state index contributed by atoms with van der Waals surface area (Å²) in [5, 5.41) is 2.55. The van der Waals surface area contributed by atoms with E-state index in [-0.39, 0.29) is 5.41 Å². The van der Waals surface area contributed by atoms with Crippen LogP contribution in [0.1, 0.15) is 25.0 Å². The molecule has 0 fully saturated rings. The smallest absolute Gasteiger partial charge is 0.0471 e. The van der Waals surface area contributed by atoms with Crippen LogP contribution in [0.15, 0.2) is 109 Å². The Hall–Kier alpha value is -4.10. The van der Waals surface area contributed by atoms with Crippen LogP contribution < -0.4 is 0 Å². The fraction of sp³-hybridized carbons (Fsp3) is 0.0909. The van der Waals surface area contributed by atoms with E-state index >= 15 is 0 Å².